The van der Waals surface area contributed by atoms with E-state index in [0.29, 0.717) is 12.1 Å². The molecule has 6 nitrogen and oxygen atoms in total. The largest absolute Gasteiger partial charge is 0.484 e. The van der Waals surface area contributed by atoms with Gasteiger partial charge in [0.05, 0.1) is 19.8 Å². The summed E-state index contributed by atoms with van der Waals surface area (Å²) in [5.74, 6) is 0.422. The molecule has 154 valence electrons. The number of benzene rings is 1. The number of hydrogen-bond acceptors (Lipinski definition) is 4. The third kappa shape index (κ3) is 10.0. The molecule has 0 aliphatic carbocycles. The standard InChI is InChI=1S/C17H25F3N4O2.HI/c18-17(19,20)13-26-15-5-2-1-4-14(15)12-23-16(21)22-6-3-7-24-8-10-25-11-9-24;/h1-2,4-5H,3,6-13H2,(H3,21,22,23);1H. The van der Waals surface area contributed by atoms with Crippen molar-refractivity contribution >= 4 is 29.9 Å². The van der Waals surface area contributed by atoms with Crippen LogP contribution in [0.3, 0.4) is 0 Å². The fourth-order valence-corrected chi connectivity index (χ4v) is 2.50. The quantitative estimate of drug-likeness (QED) is 0.247. The van der Waals surface area contributed by atoms with E-state index in [1.54, 1.807) is 18.2 Å². The predicted octanol–water partition coefficient (Wildman–Crippen LogP) is 2.37. The van der Waals surface area contributed by atoms with Crippen molar-refractivity contribution in [3.05, 3.63) is 29.8 Å². The third-order valence-corrected chi connectivity index (χ3v) is 3.84. The van der Waals surface area contributed by atoms with Crippen molar-refractivity contribution < 1.29 is 22.6 Å². The first kappa shape index (κ1) is 23.8. The highest BCUT2D eigenvalue weighted by molar-refractivity contribution is 14.0. The number of hydrogen-bond donors (Lipinski definition) is 2. The topological polar surface area (TPSA) is 72.1 Å². The zero-order chi connectivity index (χ0) is 18.8. The normalized spacial score (nSPS) is 15.9. The maximum Gasteiger partial charge on any atom is 0.422 e. The van der Waals surface area contributed by atoms with Crippen molar-refractivity contribution in [2.45, 2.75) is 19.1 Å². The summed E-state index contributed by atoms with van der Waals surface area (Å²) in [6, 6.07) is 6.49. The number of halogens is 4. The minimum Gasteiger partial charge on any atom is -0.484 e. The Morgan fingerprint density at radius 2 is 1.96 bits per heavy atom. The third-order valence-electron chi connectivity index (χ3n) is 3.84. The van der Waals surface area contributed by atoms with Gasteiger partial charge >= 0.3 is 6.18 Å². The number of guanidine groups is 1. The molecule has 1 fully saturated rings. The lowest BCUT2D eigenvalue weighted by Crippen LogP contribution is -2.39. The Kier molecular flexibility index (Phi) is 10.8. The molecule has 3 N–H and O–H groups in total. The Balaban J connectivity index is 0.00000364. The molecule has 0 amide bonds. The highest BCUT2D eigenvalue weighted by Gasteiger charge is 2.28. The lowest BCUT2D eigenvalue weighted by molar-refractivity contribution is -0.153. The summed E-state index contributed by atoms with van der Waals surface area (Å²) >= 11 is 0. The molecule has 1 saturated heterocycles. The van der Waals surface area contributed by atoms with Crippen LogP contribution in [0.4, 0.5) is 13.2 Å². The maximum absolute atomic E-state index is 12.3. The van der Waals surface area contributed by atoms with E-state index in [4.69, 9.17) is 15.2 Å². The molecule has 2 rings (SSSR count). The zero-order valence-electron chi connectivity index (χ0n) is 15.0. The molecule has 1 heterocycles. The van der Waals surface area contributed by atoms with Crippen LogP contribution in [0.2, 0.25) is 0 Å². The molecule has 0 unspecified atom stereocenters. The first-order valence-electron chi connectivity index (χ1n) is 8.55. The number of nitrogens with one attached hydrogen (secondary N) is 1. The van der Waals surface area contributed by atoms with Crippen LogP contribution in [0, 0.1) is 0 Å². The molecule has 0 atom stereocenters. The van der Waals surface area contributed by atoms with Gasteiger partial charge in [0.15, 0.2) is 12.6 Å². The van der Waals surface area contributed by atoms with E-state index >= 15 is 0 Å². The second-order valence-electron chi connectivity index (χ2n) is 5.95. The number of morpholine rings is 1. The molecule has 0 saturated carbocycles. The number of rotatable bonds is 8. The Bertz CT molecular complexity index is 582. The minimum absolute atomic E-state index is 0. The van der Waals surface area contributed by atoms with E-state index in [1.807, 2.05) is 0 Å². The van der Waals surface area contributed by atoms with Gasteiger partial charge in [-0.15, -0.1) is 24.0 Å². The van der Waals surface area contributed by atoms with Crippen molar-refractivity contribution in [1.82, 2.24) is 10.2 Å². The summed E-state index contributed by atoms with van der Waals surface area (Å²) in [5, 5.41) is 3.02. The summed E-state index contributed by atoms with van der Waals surface area (Å²) in [5.41, 5.74) is 6.37. The van der Waals surface area contributed by atoms with E-state index in [0.717, 1.165) is 39.3 Å². The average Bonchev–Trinajstić information content (AvgIpc) is 2.63. The van der Waals surface area contributed by atoms with Crippen LogP contribution < -0.4 is 15.8 Å². The number of aliphatic imine (C=N–C) groups is 1. The zero-order valence-corrected chi connectivity index (χ0v) is 17.3. The van der Waals surface area contributed by atoms with Crippen LogP contribution >= 0.6 is 24.0 Å². The number of para-hydroxylation sites is 1. The van der Waals surface area contributed by atoms with Gasteiger partial charge in [0.2, 0.25) is 0 Å². The Morgan fingerprint density at radius 3 is 2.67 bits per heavy atom. The summed E-state index contributed by atoms with van der Waals surface area (Å²) in [7, 11) is 0. The van der Waals surface area contributed by atoms with E-state index in [9.17, 15) is 13.2 Å². The average molecular weight is 502 g/mol. The molecule has 1 aromatic carbocycles. The second kappa shape index (κ2) is 12.2. The molecule has 10 heteroatoms. The van der Waals surface area contributed by atoms with Gasteiger partial charge in [-0.25, -0.2) is 4.99 Å². The van der Waals surface area contributed by atoms with Crippen LogP contribution in [0.25, 0.3) is 0 Å². The molecule has 0 aromatic heterocycles. The van der Waals surface area contributed by atoms with Crippen molar-refractivity contribution in [3.8, 4) is 5.75 Å². The molecule has 0 spiro atoms. The van der Waals surface area contributed by atoms with Crippen LogP contribution in [-0.2, 0) is 11.3 Å². The van der Waals surface area contributed by atoms with Crippen molar-refractivity contribution in [2.24, 2.45) is 10.7 Å². The Hall–Kier alpha value is -1.27. The maximum atomic E-state index is 12.3. The summed E-state index contributed by atoms with van der Waals surface area (Å²) < 4.78 is 47.0. The second-order valence-corrected chi connectivity index (χ2v) is 5.95. The number of nitrogens with zero attached hydrogens (tertiary/aromatic N) is 2. The van der Waals surface area contributed by atoms with Crippen LogP contribution in [0.15, 0.2) is 29.3 Å². The molecule has 0 bridgehead atoms. The van der Waals surface area contributed by atoms with Crippen molar-refractivity contribution in [3.63, 3.8) is 0 Å². The minimum atomic E-state index is -4.38. The van der Waals surface area contributed by atoms with Gasteiger partial charge in [0, 0.05) is 25.2 Å². The number of nitrogens with two attached hydrogens (primary N) is 1. The Labute approximate surface area is 174 Å². The van der Waals surface area contributed by atoms with Gasteiger partial charge in [-0.1, -0.05) is 18.2 Å². The SMILES string of the molecule is I.NC(=NCc1ccccc1OCC(F)(F)F)NCCCN1CCOCC1. The summed E-state index contributed by atoms with van der Waals surface area (Å²) in [4.78, 5) is 6.50. The lowest BCUT2D eigenvalue weighted by atomic mass is 10.2. The van der Waals surface area contributed by atoms with Crippen molar-refractivity contribution in [2.75, 3.05) is 46.0 Å². The molecule has 0 radical (unpaired) electrons. The first-order chi connectivity index (χ1) is 12.4. The predicted molar refractivity (Wildman–Crippen MR) is 109 cm³/mol. The van der Waals surface area contributed by atoms with Crippen molar-refractivity contribution in [1.29, 1.82) is 0 Å². The number of alkyl halides is 3. The lowest BCUT2D eigenvalue weighted by Gasteiger charge is -2.26. The highest BCUT2D eigenvalue weighted by Crippen LogP contribution is 2.22. The van der Waals surface area contributed by atoms with E-state index in [1.165, 1.54) is 6.07 Å². The summed E-state index contributed by atoms with van der Waals surface area (Å²) in [6.07, 6.45) is -3.46. The van der Waals surface area contributed by atoms with Gasteiger partial charge in [-0.05, 0) is 19.0 Å². The molecule has 27 heavy (non-hydrogen) atoms. The summed E-state index contributed by atoms with van der Waals surface area (Å²) in [6.45, 7) is 3.88. The molecular formula is C17H26F3IN4O2. The van der Waals surface area contributed by atoms with Crippen LogP contribution in [0.5, 0.6) is 5.75 Å². The van der Waals surface area contributed by atoms with E-state index in [2.05, 4.69) is 15.2 Å². The van der Waals surface area contributed by atoms with E-state index < -0.39 is 12.8 Å². The van der Waals surface area contributed by atoms with Crippen LogP contribution in [-0.4, -0.2) is 63.0 Å². The van der Waals surface area contributed by atoms with Gasteiger partial charge in [0.25, 0.3) is 0 Å². The molecule has 1 aliphatic rings. The van der Waals surface area contributed by atoms with E-state index in [-0.39, 0.29) is 42.2 Å². The fourth-order valence-electron chi connectivity index (χ4n) is 2.50. The van der Waals surface area contributed by atoms with Gasteiger partial charge in [0.1, 0.15) is 5.75 Å². The highest BCUT2D eigenvalue weighted by atomic mass is 127. The molecule has 1 aliphatic heterocycles. The van der Waals surface area contributed by atoms with Gasteiger partial charge in [-0.2, -0.15) is 13.2 Å². The fraction of sp³-hybridized carbons (Fsp3) is 0.588. The molecule has 1 aromatic rings. The van der Waals surface area contributed by atoms with Gasteiger partial charge < -0.3 is 20.5 Å². The van der Waals surface area contributed by atoms with Gasteiger partial charge in [-0.3, -0.25) is 4.90 Å². The first-order valence-corrected chi connectivity index (χ1v) is 8.55. The van der Waals surface area contributed by atoms with Crippen LogP contribution in [0.1, 0.15) is 12.0 Å². The smallest absolute Gasteiger partial charge is 0.422 e. The monoisotopic (exact) mass is 502 g/mol. The number of ether oxygens (including phenoxy) is 2. The Morgan fingerprint density at radius 1 is 1.26 bits per heavy atom. The molecular weight excluding hydrogens is 476 g/mol.